The molecule has 2 nitrogen and oxygen atoms in total. The maximum atomic E-state index is 8.95. The second-order valence-electron chi connectivity index (χ2n) is 3.96. The zero-order valence-electron chi connectivity index (χ0n) is 8.79. The molecule has 1 heterocycles. The van der Waals surface area contributed by atoms with Gasteiger partial charge in [0.15, 0.2) is 0 Å². The topological polar surface area (TPSA) is 27.0 Å². The summed E-state index contributed by atoms with van der Waals surface area (Å²) in [5, 5.41) is 8.95. The Morgan fingerprint density at radius 3 is 2.85 bits per heavy atom. The molecular weight excluding hydrogens is 160 g/mol. The maximum Gasteiger partial charge on any atom is 0.0975 e. The molecule has 0 aromatic heterocycles. The number of nitriles is 1. The summed E-state index contributed by atoms with van der Waals surface area (Å²) in [6, 6.07) is 2.55. The van der Waals surface area contributed by atoms with Crippen LogP contribution in [0.2, 0.25) is 0 Å². The molecule has 1 aliphatic heterocycles. The molecule has 2 heteroatoms. The highest BCUT2D eigenvalue weighted by molar-refractivity contribution is 4.92. The van der Waals surface area contributed by atoms with Crippen molar-refractivity contribution in [2.75, 3.05) is 13.1 Å². The van der Waals surface area contributed by atoms with E-state index in [4.69, 9.17) is 5.26 Å². The van der Waals surface area contributed by atoms with Gasteiger partial charge in [0.1, 0.15) is 0 Å². The first-order valence-corrected chi connectivity index (χ1v) is 5.45. The summed E-state index contributed by atoms with van der Waals surface area (Å²) in [6.07, 6.45) is 4.86. The van der Waals surface area contributed by atoms with E-state index >= 15 is 0 Å². The third kappa shape index (κ3) is 2.70. The molecule has 1 saturated heterocycles. The van der Waals surface area contributed by atoms with Gasteiger partial charge in [0, 0.05) is 6.54 Å². The Balaban J connectivity index is 2.46. The molecule has 0 saturated carbocycles. The standard InChI is InChI=1S/C11H20N2/c1-3-10-6-5-7-13(9-10)11(4-2)8-12/h10-11H,3-7,9H2,1-2H3. The van der Waals surface area contributed by atoms with Crippen molar-refractivity contribution in [1.29, 1.82) is 5.26 Å². The largest absolute Gasteiger partial charge is 0.288 e. The number of piperidine rings is 1. The minimum atomic E-state index is 0.161. The number of likely N-dealkylation sites (tertiary alicyclic amines) is 1. The van der Waals surface area contributed by atoms with E-state index in [1.165, 1.54) is 19.3 Å². The Hall–Kier alpha value is -0.550. The summed E-state index contributed by atoms with van der Waals surface area (Å²) in [7, 11) is 0. The minimum Gasteiger partial charge on any atom is -0.288 e. The molecule has 1 fully saturated rings. The second kappa shape index (κ2) is 5.24. The molecule has 0 bridgehead atoms. The first kappa shape index (κ1) is 10.5. The molecule has 74 valence electrons. The summed E-state index contributed by atoms with van der Waals surface area (Å²) < 4.78 is 0. The van der Waals surface area contributed by atoms with E-state index in [1.54, 1.807) is 0 Å². The normalized spacial score (nSPS) is 26.7. The first-order chi connectivity index (χ1) is 6.31. The third-order valence-electron chi connectivity index (χ3n) is 3.10. The van der Waals surface area contributed by atoms with Gasteiger partial charge in [0.05, 0.1) is 12.1 Å². The summed E-state index contributed by atoms with van der Waals surface area (Å²) in [6.45, 7) is 6.62. The zero-order valence-corrected chi connectivity index (χ0v) is 8.79. The average molecular weight is 180 g/mol. The number of rotatable bonds is 3. The van der Waals surface area contributed by atoms with E-state index in [2.05, 4.69) is 24.8 Å². The van der Waals surface area contributed by atoms with E-state index in [0.717, 1.165) is 25.4 Å². The SMILES string of the molecule is CCC1CCCN(C(C#N)CC)C1. The van der Waals surface area contributed by atoms with Crippen LogP contribution < -0.4 is 0 Å². The van der Waals surface area contributed by atoms with E-state index in [-0.39, 0.29) is 6.04 Å². The van der Waals surface area contributed by atoms with Crippen LogP contribution >= 0.6 is 0 Å². The monoisotopic (exact) mass is 180 g/mol. The van der Waals surface area contributed by atoms with E-state index in [1.807, 2.05) is 0 Å². The van der Waals surface area contributed by atoms with Gasteiger partial charge in [-0.2, -0.15) is 5.26 Å². The van der Waals surface area contributed by atoms with Crippen LogP contribution in [-0.2, 0) is 0 Å². The van der Waals surface area contributed by atoms with Gasteiger partial charge < -0.3 is 0 Å². The highest BCUT2D eigenvalue weighted by atomic mass is 15.2. The smallest absolute Gasteiger partial charge is 0.0975 e. The maximum absolute atomic E-state index is 8.95. The zero-order chi connectivity index (χ0) is 9.68. The lowest BCUT2D eigenvalue weighted by atomic mass is 9.94. The van der Waals surface area contributed by atoms with Crippen molar-refractivity contribution < 1.29 is 0 Å². The molecule has 0 spiro atoms. The number of hydrogen-bond donors (Lipinski definition) is 0. The van der Waals surface area contributed by atoms with Crippen LogP contribution in [0.4, 0.5) is 0 Å². The van der Waals surface area contributed by atoms with E-state index in [9.17, 15) is 0 Å². The van der Waals surface area contributed by atoms with Gasteiger partial charge in [-0.1, -0.05) is 20.3 Å². The van der Waals surface area contributed by atoms with Crippen molar-refractivity contribution >= 4 is 0 Å². The van der Waals surface area contributed by atoms with Crippen molar-refractivity contribution in [3.8, 4) is 6.07 Å². The molecule has 13 heavy (non-hydrogen) atoms. The lowest BCUT2D eigenvalue weighted by molar-refractivity contribution is 0.143. The molecule has 0 N–H and O–H groups in total. The molecule has 2 atom stereocenters. The van der Waals surface area contributed by atoms with Crippen LogP contribution in [0, 0.1) is 17.2 Å². The van der Waals surface area contributed by atoms with Crippen molar-refractivity contribution in [2.24, 2.45) is 5.92 Å². The van der Waals surface area contributed by atoms with Crippen molar-refractivity contribution in [1.82, 2.24) is 4.90 Å². The summed E-state index contributed by atoms with van der Waals surface area (Å²) in [5.74, 6) is 0.830. The highest BCUT2D eigenvalue weighted by Crippen LogP contribution is 2.21. The van der Waals surface area contributed by atoms with Gasteiger partial charge in [0.2, 0.25) is 0 Å². The highest BCUT2D eigenvalue weighted by Gasteiger charge is 2.23. The molecular formula is C11H20N2. The Labute approximate surface area is 81.5 Å². The molecule has 1 rings (SSSR count). The van der Waals surface area contributed by atoms with Crippen LogP contribution in [0.15, 0.2) is 0 Å². The van der Waals surface area contributed by atoms with Gasteiger partial charge in [-0.05, 0) is 31.7 Å². The summed E-state index contributed by atoms with van der Waals surface area (Å²) >= 11 is 0. The Kier molecular flexibility index (Phi) is 4.24. The van der Waals surface area contributed by atoms with Crippen molar-refractivity contribution in [3.63, 3.8) is 0 Å². The molecule has 0 amide bonds. The van der Waals surface area contributed by atoms with Crippen LogP contribution in [0.5, 0.6) is 0 Å². The van der Waals surface area contributed by atoms with Crippen molar-refractivity contribution in [2.45, 2.75) is 45.6 Å². The van der Waals surface area contributed by atoms with E-state index < -0.39 is 0 Å². The molecule has 0 aromatic carbocycles. The van der Waals surface area contributed by atoms with Gasteiger partial charge >= 0.3 is 0 Å². The number of hydrogen-bond acceptors (Lipinski definition) is 2. The van der Waals surface area contributed by atoms with Crippen LogP contribution in [-0.4, -0.2) is 24.0 Å². The molecule has 0 radical (unpaired) electrons. The number of nitrogens with zero attached hydrogens (tertiary/aromatic N) is 2. The summed E-state index contributed by atoms with van der Waals surface area (Å²) in [5.41, 5.74) is 0. The Morgan fingerprint density at radius 1 is 1.54 bits per heavy atom. The fraction of sp³-hybridized carbons (Fsp3) is 0.909. The van der Waals surface area contributed by atoms with Crippen LogP contribution in [0.25, 0.3) is 0 Å². The van der Waals surface area contributed by atoms with Gasteiger partial charge in [0.25, 0.3) is 0 Å². The summed E-state index contributed by atoms with van der Waals surface area (Å²) in [4.78, 5) is 2.36. The van der Waals surface area contributed by atoms with E-state index in [0.29, 0.717) is 0 Å². The predicted octanol–water partition coefficient (Wildman–Crippen LogP) is 2.41. The first-order valence-electron chi connectivity index (χ1n) is 5.45. The van der Waals surface area contributed by atoms with Crippen LogP contribution in [0.1, 0.15) is 39.5 Å². The molecule has 0 aromatic rings. The fourth-order valence-corrected chi connectivity index (χ4v) is 2.14. The molecule has 0 aliphatic carbocycles. The third-order valence-corrected chi connectivity index (χ3v) is 3.10. The lowest BCUT2D eigenvalue weighted by Gasteiger charge is -2.34. The molecule has 1 aliphatic rings. The van der Waals surface area contributed by atoms with Gasteiger partial charge in [-0.15, -0.1) is 0 Å². The average Bonchev–Trinajstić information content (AvgIpc) is 2.20. The Bertz CT molecular complexity index is 183. The van der Waals surface area contributed by atoms with Crippen molar-refractivity contribution in [3.05, 3.63) is 0 Å². The predicted molar refractivity (Wildman–Crippen MR) is 54.3 cm³/mol. The lowest BCUT2D eigenvalue weighted by Crippen LogP contribution is -2.41. The quantitative estimate of drug-likeness (QED) is 0.667. The minimum absolute atomic E-state index is 0.161. The second-order valence-corrected chi connectivity index (χ2v) is 3.96. The van der Waals surface area contributed by atoms with Crippen LogP contribution in [0.3, 0.4) is 0 Å². The Morgan fingerprint density at radius 2 is 2.31 bits per heavy atom. The van der Waals surface area contributed by atoms with Gasteiger partial charge in [-0.25, -0.2) is 0 Å². The van der Waals surface area contributed by atoms with Gasteiger partial charge in [-0.3, -0.25) is 4.90 Å². The fourth-order valence-electron chi connectivity index (χ4n) is 2.14. The molecule has 2 unspecified atom stereocenters.